The van der Waals surface area contributed by atoms with E-state index in [2.05, 4.69) is 10.6 Å². The average Bonchev–Trinajstić information content (AvgIpc) is 2.48. The molecule has 0 saturated heterocycles. The van der Waals surface area contributed by atoms with Gasteiger partial charge in [-0.3, -0.25) is 4.79 Å². The maximum absolute atomic E-state index is 12.3. The molecule has 4 fully saturated rings. The Morgan fingerprint density at radius 1 is 1.09 bits per heavy atom. The number of carbonyl (C=O) groups is 1. The van der Waals surface area contributed by atoms with Crippen molar-refractivity contribution in [2.45, 2.75) is 44.1 Å². The first kappa shape index (κ1) is 15.7. The molecule has 4 saturated carbocycles. The van der Waals surface area contributed by atoms with Gasteiger partial charge in [0.1, 0.15) is 0 Å². The van der Waals surface area contributed by atoms with Gasteiger partial charge in [-0.2, -0.15) is 0 Å². The topological polar surface area (TPSA) is 45.7 Å². The van der Waals surface area contributed by atoms with Gasteiger partial charge in [-0.1, -0.05) is 23.2 Å². The third-order valence-electron chi connectivity index (χ3n) is 6.01. The third-order valence-corrected chi connectivity index (χ3v) is 6.75. The van der Waals surface area contributed by atoms with Gasteiger partial charge in [0.05, 0.1) is 15.6 Å². The zero-order chi connectivity index (χ0) is 16.0. The molecule has 1 aromatic carbocycles. The van der Waals surface area contributed by atoms with Crippen molar-refractivity contribution >= 4 is 34.8 Å². The van der Waals surface area contributed by atoms with Crippen molar-refractivity contribution in [3.05, 3.63) is 28.2 Å². The highest BCUT2D eigenvalue weighted by Crippen LogP contribution is 2.54. The Bertz CT molecular complexity index is 596. The molecule has 4 aliphatic carbocycles. The van der Waals surface area contributed by atoms with Gasteiger partial charge < -0.3 is 10.6 Å². The number of carbonyl (C=O) groups excluding carboxylic acids is 1. The van der Waals surface area contributed by atoms with Crippen LogP contribution < -0.4 is 10.6 Å². The largest absolute Gasteiger partial charge is 0.334 e. The van der Waals surface area contributed by atoms with E-state index < -0.39 is 0 Å². The van der Waals surface area contributed by atoms with Crippen molar-refractivity contribution < 1.29 is 10.1 Å². The lowest BCUT2D eigenvalue weighted by Gasteiger charge is -2.54. The predicted octanol–water partition coefficient (Wildman–Crippen LogP) is 3.46. The summed E-state index contributed by atoms with van der Waals surface area (Å²) in [6, 6.07) is 5.20. The number of rotatable bonds is 4. The monoisotopic (exact) mass is 353 g/mol. The van der Waals surface area contributed by atoms with Crippen LogP contribution in [0.4, 0.5) is 5.69 Å². The van der Waals surface area contributed by atoms with Crippen molar-refractivity contribution in [2.24, 2.45) is 17.8 Å². The Balaban J connectivity index is 1.35. The van der Waals surface area contributed by atoms with Crippen LogP contribution in [0.25, 0.3) is 0 Å². The zero-order valence-electron chi connectivity index (χ0n) is 13.2. The van der Waals surface area contributed by atoms with E-state index >= 15 is 0 Å². The molecule has 3 N–H and O–H groups in total. The van der Waals surface area contributed by atoms with E-state index in [-0.39, 0.29) is 5.91 Å². The van der Waals surface area contributed by atoms with E-state index in [4.69, 9.17) is 23.2 Å². The molecule has 4 aliphatic rings. The summed E-state index contributed by atoms with van der Waals surface area (Å²) in [5.41, 5.74) is 1.05. The second-order valence-electron chi connectivity index (χ2n) is 7.87. The van der Waals surface area contributed by atoms with Gasteiger partial charge in [-0.05, 0) is 55.2 Å². The lowest BCUT2D eigenvalue weighted by Crippen LogP contribution is -3.00. The number of hydrogen-bond donors (Lipinski definition) is 2. The first-order chi connectivity index (χ1) is 11.0. The minimum absolute atomic E-state index is 0.0409. The van der Waals surface area contributed by atoms with Crippen LogP contribution in [-0.2, 0) is 4.79 Å². The number of nitrogens with two attached hydrogens (primary N) is 1. The van der Waals surface area contributed by atoms with Gasteiger partial charge in [0.2, 0.25) is 0 Å². The summed E-state index contributed by atoms with van der Waals surface area (Å²) < 4.78 is 0. The van der Waals surface area contributed by atoms with E-state index in [0.717, 1.165) is 17.8 Å². The molecule has 0 aliphatic heterocycles. The first-order valence-electron chi connectivity index (χ1n) is 8.61. The quantitative estimate of drug-likeness (QED) is 0.855. The molecule has 1 amide bonds. The van der Waals surface area contributed by atoms with Crippen LogP contribution in [0.15, 0.2) is 18.2 Å². The molecule has 5 heteroatoms. The second-order valence-corrected chi connectivity index (χ2v) is 8.68. The summed E-state index contributed by atoms with van der Waals surface area (Å²) in [6.07, 6.45) is 8.21. The molecule has 0 heterocycles. The van der Waals surface area contributed by atoms with Crippen LogP contribution in [0.3, 0.4) is 0 Å². The summed E-state index contributed by atoms with van der Waals surface area (Å²) in [5, 5.41) is 6.22. The summed E-state index contributed by atoms with van der Waals surface area (Å²) in [4.78, 5) is 12.3. The molecule has 124 valence electrons. The number of anilines is 1. The van der Waals surface area contributed by atoms with Crippen molar-refractivity contribution in [3.8, 4) is 0 Å². The van der Waals surface area contributed by atoms with Gasteiger partial charge in [0.15, 0.2) is 6.54 Å². The first-order valence-corrected chi connectivity index (χ1v) is 9.36. The lowest BCUT2D eigenvalue weighted by atomic mass is 9.53. The minimum Gasteiger partial charge on any atom is -0.334 e. The van der Waals surface area contributed by atoms with Crippen LogP contribution >= 0.6 is 23.2 Å². The van der Waals surface area contributed by atoms with Crippen molar-refractivity contribution in [1.82, 2.24) is 0 Å². The molecule has 4 bridgehead atoms. The van der Waals surface area contributed by atoms with Crippen LogP contribution in [-0.4, -0.2) is 18.0 Å². The number of quaternary nitrogens is 1. The molecule has 0 atom stereocenters. The van der Waals surface area contributed by atoms with Crippen LogP contribution in [0.1, 0.15) is 38.5 Å². The van der Waals surface area contributed by atoms with Crippen molar-refractivity contribution in [2.75, 3.05) is 11.9 Å². The predicted molar refractivity (Wildman–Crippen MR) is 92.8 cm³/mol. The van der Waals surface area contributed by atoms with E-state index in [1.165, 1.54) is 38.5 Å². The maximum Gasteiger partial charge on any atom is 0.279 e. The van der Waals surface area contributed by atoms with E-state index in [9.17, 15) is 4.79 Å². The fraction of sp³-hybridized carbons (Fsp3) is 0.611. The summed E-state index contributed by atoms with van der Waals surface area (Å²) >= 11 is 11.9. The number of hydrogen-bond acceptors (Lipinski definition) is 1. The van der Waals surface area contributed by atoms with Gasteiger partial charge >= 0.3 is 0 Å². The van der Waals surface area contributed by atoms with Crippen LogP contribution in [0, 0.1) is 17.8 Å². The van der Waals surface area contributed by atoms with Gasteiger partial charge in [0.25, 0.3) is 5.91 Å². The molecular formula is C18H23Cl2N2O+. The number of benzene rings is 1. The van der Waals surface area contributed by atoms with E-state index in [0.29, 0.717) is 27.8 Å². The standard InChI is InChI=1S/C18H22Cl2N2O/c19-15-2-1-14(6-16(15)20)22-17(23)10-21-18-7-11-3-12(8-18)5-13(4-11)9-18/h1-2,6,11-13,21H,3-5,7-10H2,(H,22,23)/p+1. The summed E-state index contributed by atoms with van der Waals surface area (Å²) in [5.74, 6) is 2.78. The molecule has 1 aromatic rings. The van der Waals surface area contributed by atoms with Crippen molar-refractivity contribution in [1.29, 1.82) is 0 Å². The SMILES string of the molecule is O=C(C[NH2+]C12CC3CC(CC(C3)C1)C2)Nc1ccc(Cl)c(Cl)c1. The lowest BCUT2D eigenvalue weighted by molar-refractivity contribution is -0.729. The Hall–Kier alpha value is -0.770. The molecular weight excluding hydrogens is 331 g/mol. The summed E-state index contributed by atoms with van der Waals surface area (Å²) in [7, 11) is 0. The Morgan fingerprint density at radius 3 is 2.26 bits per heavy atom. The Kier molecular flexibility index (Phi) is 4.07. The molecule has 23 heavy (non-hydrogen) atoms. The normalized spacial score (nSPS) is 34.6. The highest BCUT2D eigenvalue weighted by molar-refractivity contribution is 6.42. The van der Waals surface area contributed by atoms with Gasteiger partial charge in [-0.25, -0.2) is 0 Å². The molecule has 0 spiro atoms. The minimum atomic E-state index is 0.0409. The van der Waals surface area contributed by atoms with Crippen LogP contribution in [0.2, 0.25) is 10.0 Å². The number of halogens is 2. The van der Waals surface area contributed by atoms with E-state index in [1.54, 1.807) is 18.2 Å². The van der Waals surface area contributed by atoms with Crippen molar-refractivity contribution in [3.63, 3.8) is 0 Å². The van der Waals surface area contributed by atoms with Gasteiger partial charge in [-0.15, -0.1) is 0 Å². The third kappa shape index (κ3) is 3.24. The highest BCUT2D eigenvalue weighted by Gasteiger charge is 2.53. The molecule has 0 unspecified atom stereocenters. The smallest absolute Gasteiger partial charge is 0.279 e. The molecule has 3 nitrogen and oxygen atoms in total. The average molecular weight is 354 g/mol. The molecule has 5 rings (SSSR count). The van der Waals surface area contributed by atoms with E-state index in [1.807, 2.05) is 0 Å². The van der Waals surface area contributed by atoms with Crippen LogP contribution in [0.5, 0.6) is 0 Å². The second kappa shape index (κ2) is 5.94. The highest BCUT2D eigenvalue weighted by atomic mass is 35.5. The Labute approximate surface area is 147 Å². The Morgan fingerprint density at radius 2 is 1.70 bits per heavy atom. The number of nitrogens with one attached hydrogen (secondary N) is 1. The fourth-order valence-electron chi connectivity index (χ4n) is 5.52. The fourth-order valence-corrected chi connectivity index (χ4v) is 5.82. The molecule has 0 aromatic heterocycles. The maximum atomic E-state index is 12.3. The zero-order valence-corrected chi connectivity index (χ0v) is 14.7. The van der Waals surface area contributed by atoms with Gasteiger partial charge in [0, 0.05) is 24.9 Å². The number of amides is 1. The molecule has 0 radical (unpaired) electrons. The summed E-state index contributed by atoms with van der Waals surface area (Å²) in [6.45, 7) is 0.492.